The first-order valence-corrected chi connectivity index (χ1v) is 17.2. The molecule has 3 unspecified atom stereocenters. The maximum absolute atomic E-state index is 14.1. The fraction of sp³-hybridized carbons (Fsp3) is 0.618. The van der Waals surface area contributed by atoms with E-state index < -0.39 is 19.5 Å². The number of carbonyl (C=O) groups is 1. The third kappa shape index (κ3) is 8.18. The summed E-state index contributed by atoms with van der Waals surface area (Å²) in [4.78, 5) is 12.5. The zero-order valence-electron chi connectivity index (χ0n) is 27.4. The molecule has 1 aliphatic carbocycles. The molecule has 1 aliphatic rings. The molecule has 1 fully saturated rings. The highest BCUT2D eigenvalue weighted by Crippen LogP contribution is 2.51. The van der Waals surface area contributed by atoms with Crippen LogP contribution in [0.2, 0.25) is 0 Å². The molecule has 2 aromatic rings. The van der Waals surface area contributed by atoms with E-state index in [2.05, 4.69) is 77.8 Å². The van der Waals surface area contributed by atoms with E-state index in [1.807, 2.05) is 0 Å². The van der Waals surface area contributed by atoms with Gasteiger partial charge in [0.2, 0.25) is 0 Å². The molecule has 2 N–H and O–H groups in total. The average molecular weight is 602 g/mol. The lowest BCUT2D eigenvalue weighted by atomic mass is 9.85. The second kappa shape index (κ2) is 14.0. The minimum absolute atomic E-state index is 0.0586. The molecule has 3 atom stereocenters. The van der Waals surface area contributed by atoms with Crippen LogP contribution in [-0.2, 0) is 18.8 Å². The van der Waals surface area contributed by atoms with Crippen LogP contribution >= 0.6 is 7.52 Å². The van der Waals surface area contributed by atoms with Gasteiger partial charge in [-0.15, -0.1) is 0 Å². The van der Waals surface area contributed by atoms with Crippen molar-refractivity contribution in [3.63, 3.8) is 0 Å². The number of phenols is 1. The van der Waals surface area contributed by atoms with E-state index in [9.17, 15) is 14.5 Å². The Kier molecular flexibility index (Phi) is 11.4. The summed E-state index contributed by atoms with van der Waals surface area (Å²) >= 11 is 0. The predicted molar refractivity (Wildman–Crippen MR) is 171 cm³/mol. The summed E-state index contributed by atoms with van der Waals surface area (Å²) in [5.74, 6) is 1.65. The van der Waals surface area contributed by atoms with Gasteiger partial charge in [-0.2, -0.15) is 0 Å². The van der Waals surface area contributed by atoms with Crippen molar-refractivity contribution in [2.45, 2.75) is 118 Å². The van der Waals surface area contributed by atoms with Crippen molar-refractivity contribution in [2.75, 3.05) is 13.5 Å². The summed E-state index contributed by atoms with van der Waals surface area (Å²) < 4.78 is 31.2. The van der Waals surface area contributed by atoms with Crippen molar-refractivity contribution in [3.8, 4) is 22.6 Å². The minimum atomic E-state index is -3.67. The fourth-order valence-electron chi connectivity index (χ4n) is 5.38. The largest absolute Gasteiger partial charge is 0.507 e. The molecule has 0 aliphatic heterocycles. The first kappa shape index (κ1) is 34.2. The lowest BCUT2D eigenvalue weighted by Gasteiger charge is -2.28. The molecular weight excluding hydrogens is 549 g/mol. The topological polar surface area (TPSA) is 94.1 Å². The number of phenolic OH excluding ortho intramolecular Hbond substituents is 1. The maximum atomic E-state index is 14.1. The van der Waals surface area contributed by atoms with Crippen molar-refractivity contribution in [2.24, 2.45) is 5.92 Å². The van der Waals surface area contributed by atoms with E-state index in [0.717, 1.165) is 33.4 Å². The van der Waals surface area contributed by atoms with Crippen molar-refractivity contribution in [3.05, 3.63) is 46.5 Å². The third-order valence-electron chi connectivity index (χ3n) is 7.97. The lowest BCUT2D eigenvalue weighted by Crippen LogP contribution is -2.36. The molecule has 0 amide bonds. The van der Waals surface area contributed by atoms with Gasteiger partial charge in [0.25, 0.3) is 0 Å². The number of hydrogen-bond donors (Lipinski definition) is 2. The van der Waals surface area contributed by atoms with Crippen LogP contribution in [0.1, 0.15) is 128 Å². The highest BCUT2D eigenvalue weighted by Gasteiger charge is 2.34. The van der Waals surface area contributed by atoms with Crippen LogP contribution in [0.3, 0.4) is 0 Å². The van der Waals surface area contributed by atoms with Crippen LogP contribution in [0.4, 0.5) is 0 Å². The number of ether oxygens (including phenoxy) is 2. The summed E-state index contributed by atoms with van der Waals surface area (Å²) in [5.41, 5.74) is 5.88. The zero-order chi connectivity index (χ0) is 31.5. The number of benzene rings is 2. The molecule has 2 aromatic carbocycles. The van der Waals surface area contributed by atoms with Gasteiger partial charge in [0.15, 0.2) is 0 Å². The highest BCUT2D eigenvalue weighted by atomic mass is 31.2. The van der Waals surface area contributed by atoms with E-state index in [1.165, 1.54) is 20.0 Å². The number of esters is 1. The molecule has 0 saturated heterocycles. The quantitative estimate of drug-likeness (QED) is 0.165. The van der Waals surface area contributed by atoms with E-state index in [4.69, 9.17) is 14.0 Å². The molecule has 0 aromatic heterocycles. The first-order valence-electron chi connectivity index (χ1n) is 15.4. The number of carbonyl (C=O) groups excluding carboxylic acids is 1. The van der Waals surface area contributed by atoms with E-state index in [0.29, 0.717) is 17.4 Å². The van der Waals surface area contributed by atoms with E-state index >= 15 is 0 Å². The van der Waals surface area contributed by atoms with Crippen molar-refractivity contribution in [1.29, 1.82) is 0 Å². The predicted octanol–water partition coefficient (Wildman–Crippen LogP) is 9.05. The third-order valence-corrected chi connectivity index (χ3v) is 9.82. The molecule has 42 heavy (non-hydrogen) atoms. The summed E-state index contributed by atoms with van der Waals surface area (Å²) in [6.45, 7) is 19.9. The summed E-state index contributed by atoms with van der Waals surface area (Å²) in [5, 5.41) is 14.1. The molecular formula is C34H52NO6P. The second-order valence-electron chi connectivity index (χ2n) is 13.1. The van der Waals surface area contributed by atoms with Crippen LogP contribution < -0.4 is 9.61 Å². The minimum Gasteiger partial charge on any atom is -0.507 e. The molecule has 0 radical (unpaired) electrons. The van der Waals surface area contributed by atoms with Gasteiger partial charge in [-0.1, -0.05) is 48.5 Å². The molecule has 0 bridgehead atoms. The normalized spacial score (nSPS) is 16.6. The van der Waals surface area contributed by atoms with Gasteiger partial charge < -0.3 is 19.1 Å². The van der Waals surface area contributed by atoms with Gasteiger partial charge in [-0.3, -0.25) is 9.36 Å². The Balaban J connectivity index is 2.15. The zero-order valence-corrected chi connectivity index (χ0v) is 28.3. The Morgan fingerprint density at radius 3 is 1.76 bits per heavy atom. The van der Waals surface area contributed by atoms with Crippen LogP contribution in [-0.4, -0.2) is 36.7 Å². The highest BCUT2D eigenvalue weighted by molar-refractivity contribution is 7.57. The van der Waals surface area contributed by atoms with Crippen molar-refractivity contribution in [1.82, 2.24) is 5.09 Å². The van der Waals surface area contributed by atoms with Crippen LogP contribution in [0, 0.1) is 5.92 Å². The molecule has 8 heteroatoms. The van der Waals surface area contributed by atoms with Crippen molar-refractivity contribution < 1.29 is 28.5 Å². The van der Waals surface area contributed by atoms with Crippen LogP contribution in [0.15, 0.2) is 24.3 Å². The number of rotatable bonds is 14. The smallest absolute Gasteiger partial charge is 0.342 e. The molecule has 0 heterocycles. The molecule has 3 rings (SSSR count). The molecule has 1 saturated carbocycles. The standard InChI is InChI=1S/C34H52NO6P/c1-19(2)28-14-26(17-31(32(28)36)23(9)25-12-13-25)27-15-29(20(3)4)33(30(16-27)21(5)6)41-42(38,18-39-11)35-24(10)34(37)40-22(7)8/h14-17,19-25,36H,12-13,18H2,1-11H3,(H,35,38). The van der Waals surface area contributed by atoms with E-state index in [-0.39, 0.29) is 36.1 Å². The fourth-order valence-corrected chi connectivity index (χ4v) is 7.10. The maximum Gasteiger partial charge on any atom is 0.342 e. The summed E-state index contributed by atoms with van der Waals surface area (Å²) in [6, 6.07) is 7.62. The van der Waals surface area contributed by atoms with Gasteiger partial charge in [-0.25, -0.2) is 5.09 Å². The summed E-state index contributed by atoms with van der Waals surface area (Å²) in [6.07, 6.45) is 1.90. The molecule has 7 nitrogen and oxygen atoms in total. The summed E-state index contributed by atoms with van der Waals surface area (Å²) in [7, 11) is -2.21. The number of methoxy groups -OCH3 is 1. The van der Waals surface area contributed by atoms with Crippen LogP contribution in [0.5, 0.6) is 11.5 Å². The monoisotopic (exact) mass is 601 g/mol. The Morgan fingerprint density at radius 2 is 1.33 bits per heavy atom. The Bertz CT molecular complexity index is 1270. The number of nitrogens with one attached hydrogen (secondary N) is 1. The molecule has 234 valence electrons. The number of hydrogen-bond acceptors (Lipinski definition) is 6. The molecule has 0 spiro atoms. The van der Waals surface area contributed by atoms with Gasteiger partial charge in [0.1, 0.15) is 23.9 Å². The lowest BCUT2D eigenvalue weighted by molar-refractivity contribution is -0.149. The van der Waals surface area contributed by atoms with Gasteiger partial charge >= 0.3 is 13.5 Å². The van der Waals surface area contributed by atoms with Gasteiger partial charge in [0, 0.05) is 7.11 Å². The Morgan fingerprint density at radius 1 is 0.857 bits per heavy atom. The van der Waals surface area contributed by atoms with Gasteiger partial charge in [-0.05, 0) is 121 Å². The van der Waals surface area contributed by atoms with Crippen LogP contribution in [0.25, 0.3) is 11.1 Å². The Labute approximate surface area is 253 Å². The van der Waals surface area contributed by atoms with Gasteiger partial charge in [0.05, 0.1) is 6.10 Å². The second-order valence-corrected chi connectivity index (χ2v) is 15.1. The first-order chi connectivity index (χ1) is 19.6. The van der Waals surface area contributed by atoms with Crippen molar-refractivity contribution >= 4 is 13.5 Å². The van der Waals surface area contributed by atoms with E-state index in [1.54, 1.807) is 20.8 Å². The average Bonchev–Trinajstić information content (AvgIpc) is 3.73. The number of aromatic hydroxyl groups is 1. The SMILES string of the molecule is COCP(=O)(NC(C)C(=O)OC(C)C)Oc1c(C(C)C)cc(-c2cc(C(C)C)c(O)c(C(C)C3CC3)c2)cc1C(C)C. The Hall–Kier alpha value is -2.34.